The smallest absolute Gasteiger partial charge is 0.356 e. The Hall–Kier alpha value is -2.64. The molecule has 25 heavy (non-hydrogen) atoms. The lowest BCUT2D eigenvalue weighted by Crippen LogP contribution is -2.27. The number of carboxylic acids is 1. The molecule has 0 aliphatic heterocycles. The molecule has 1 amide bonds. The summed E-state index contributed by atoms with van der Waals surface area (Å²) in [5, 5.41) is 19.7. The lowest BCUT2D eigenvalue weighted by molar-refractivity contribution is 0.0686. The molecule has 8 heteroatoms. The summed E-state index contributed by atoms with van der Waals surface area (Å²) in [6.07, 6.45) is 3.79. The lowest BCUT2D eigenvalue weighted by atomic mass is 9.71. The first-order chi connectivity index (χ1) is 11.7. The van der Waals surface area contributed by atoms with Crippen LogP contribution in [0.4, 0.5) is 5.69 Å². The molecule has 0 saturated carbocycles. The third-order valence-electron chi connectivity index (χ3n) is 4.87. The molecule has 2 heterocycles. The van der Waals surface area contributed by atoms with E-state index in [0.717, 1.165) is 30.6 Å². The van der Waals surface area contributed by atoms with Crippen molar-refractivity contribution < 1.29 is 19.2 Å². The normalized spacial score (nSPS) is 17.2. The molecule has 0 unspecified atom stereocenters. The van der Waals surface area contributed by atoms with Crippen molar-refractivity contribution in [3.63, 3.8) is 0 Å². The van der Waals surface area contributed by atoms with Crippen LogP contribution in [0, 0.1) is 11.3 Å². The van der Waals surface area contributed by atoms with Gasteiger partial charge in [-0.15, -0.1) is 0 Å². The Bertz CT molecular complexity index is 828. The topological polar surface area (TPSA) is 110 Å². The highest BCUT2D eigenvalue weighted by molar-refractivity contribution is 6.06. The Morgan fingerprint density at radius 2 is 2.12 bits per heavy atom. The summed E-state index contributed by atoms with van der Waals surface area (Å²) < 4.78 is 6.54. The Morgan fingerprint density at radius 3 is 2.76 bits per heavy atom. The minimum Gasteiger partial charge on any atom is -0.476 e. The molecule has 0 fully saturated rings. The van der Waals surface area contributed by atoms with E-state index in [4.69, 9.17) is 4.52 Å². The fourth-order valence-electron chi connectivity index (χ4n) is 3.29. The highest BCUT2D eigenvalue weighted by Crippen LogP contribution is 2.38. The second-order valence-corrected chi connectivity index (χ2v) is 7.53. The SMILES string of the molecule is Cn1ncc(NC(=O)c2noc3c2C[C@H](C(C)(C)C)CC3)c1C(=O)O. The molecule has 1 aliphatic rings. The highest BCUT2D eigenvalue weighted by Gasteiger charge is 2.34. The zero-order valence-electron chi connectivity index (χ0n) is 14.8. The monoisotopic (exact) mass is 346 g/mol. The van der Waals surface area contributed by atoms with Gasteiger partial charge in [0.1, 0.15) is 5.76 Å². The van der Waals surface area contributed by atoms with Crippen molar-refractivity contribution in [2.45, 2.75) is 40.0 Å². The maximum absolute atomic E-state index is 12.6. The van der Waals surface area contributed by atoms with Crippen molar-refractivity contribution in [1.29, 1.82) is 0 Å². The van der Waals surface area contributed by atoms with Crippen molar-refractivity contribution in [3.05, 3.63) is 28.9 Å². The van der Waals surface area contributed by atoms with Crippen LogP contribution >= 0.6 is 0 Å². The van der Waals surface area contributed by atoms with E-state index >= 15 is 0 Å². The van der Waals surface area contributed by atoms with Gasteiger partial charge in [0, 0.05) is 19.0 Å². The molecule has 134 valence electrons. The predicted molar refractivity (Wildman–Crippen MR) is 89.6 cm³/mol. The number of hydrogen-bond donors (Lipinski definition) is 2. The van der Waals surface area contributed by atoms with Crippen molar-refractivity contribution in [2.24, 2.45) is 18.4 Å². The minimum absolute atomic E-state index is 0.0849. The number of amides is 1. The number of aromatic carboxylic acids is 1. The van der Waals surface area contributed by atoms with Gasteiger partial charge in [-0.1, -0.05) is 25.9 Å². The van der Waals surface area contributed by atoms with Gasteiger partial charge in [0.2, 0.25) is 0 Å². The number of carboxylic acid groups (broad SMARTS) is 1. The Kier molecular flexibility index (Phi) is 4.14. The number of rotatable bonds is 3. The Morgan fingerprint density at radius 1 is 1.40 bits per heavy atom. The zero-order chi connectivity index (χ0) is 18.4. The summed E-state index contributed by atoms with van der Waals surface area (Å²) >= 11 is 0. The first-order valence-electron chi connectivity index (χ1n) is 8.22. The van der Waals surface area contributed by atoms with Crippen LogP contribution in [0.25, 0.3) is 0 Å². The van der Waals surface area contributed by atoms with Gasteiger partial charge < -0.3 is 14.9 Å². The number of nitrogens with one attached hydrogen (secondary N) is 1. The molecule has 0 spiro atoms. The molecule has 3 rings (SSSR count). The molecule has 1 atom stereocenters. The number of carbonyl (C=O) groups excluding carboxylic acids is 1. The van der Waals surface area contributed by atoms with E-state index in [1.165, 1.54) is 17.9 Å². The van der Waals surface area contributed by atoms with E-state index in [1.54, 1.807) is 0 Å². The van der Waals surface area contributed by atoms with Crippen LogP contribution in [-0.2, 0) is 19.9 Å². The molecule has 2 aromatic heterocycles. The molecule has 1 aliphatic carbocycles. The molecule has 0 bridgehead atoms. The maximum atomic E-state index is 12.6. The number of aromatic nitrogens is 3. The molecule has 0 radical (unpaired) electrons. The van der Waals surface area contributed by atoms with Crippen molar-refractivity contribution in [2.75, 3.05) is 5.32 Å². The summed E-state index contributed by atoms with van der Waals surface area (Å²) in [6.45, 7) is 6.56. The first kappa shape index (κ1) is 17.2. The molecule has 0 saturated heterocycles. The summed E-state index contributed by atoms with van der Waals surface area (Å²) in [7, 11) is 1.50. The van der Waals surface area contributed by atoms with E-state index in [2.05, 4.69) is 36.3 Å². The molecule has 8 nitrogen and oxygen atoms in total. The van der Waals surface area contributed by atoms with Crippen LogP contribution in [-0.4, -0.2) is 31.9 Å². The van der Waals surface area contributed by atoms with Gasteiger partial charge in [-0.05, 0) is 24.2 Å². The number of anilines is 1. The van der Waals surface area contributed by atoms with Gasteiger partial charge in [-0.2, -0.15) is 5.10 Å². The molecule has 2 N–H and O–H groups in total. The average Bonchev–Trinajstić information content (AvgIpc) is 3.09. The third kappa shape index (κ3) is 3.16. The summed E-state index contributed by atoms with van der Waals surface area (Å²) in [6, 6.07) is 0. The predicted octanol–water partition coefficient (Wildman–Crippen LogP) is 2.51. The van der Waals surface area contributed by atoms with Gasteiger partial charge in [-0.3, -0.25) is 9.48 Å². The number of fused-ring (bicyclic) bond motifs is 1. The van der Waals surface area contributed by atoms with E-state index in [0.29, 0.717) is 5.92 Å². The fraction of sp³-hybridized carbons (Fsp3) is 0.529. The highest BCUT2D eigenvalue weighted by atomic mass is 16.5. The number of aryl methyl sites for hydroxylation is 2. The van der Waals surface area contributed by atoms with Gasteiger partial charge in [0.15, 0.2) is 11.4 Å². The molecular weight excluding hydrogens is 324 g/mol. The van der Waals surface area contributed by atoms with Gasteiger partial charge in [0.05, 0.1) is 11.9 Å². The molecule has 0 aromatic carbocycles. The zero-order valence-corrected chi connectivity index (χ0v) is 14.8. The number of nitrogens with zero attached hydrogens (tertiary/aromatic N) is 3. The molecular formula is C17H22N4O4. The Balaban J connectivity index is 1.86. The summed E-state index contributed by atoms with van der Waals surface area (Å²) in [5.41, 5.74) is 1.23. The Labute approximate surface area is 145 Å². The average molecular weight is 346 g/mol. The third-order valence-corrected chi connectivity index (χ3v) is 4.87. The second kappa shape index (κ2) is 6.02. The van der Waals surface area contributed by atoms with Crippen molar-refractivity contribution >= 4 is 17.6 Å². The first-order valence-corrected chi connectivity index (χ1v) is 8.22. The van der Waals surface area contributed by atoms with E-state index < -0.39 is 11.9 Å². The fourth-order valence-corrected chi connectivity index (χ4v) is 3.29. The van der Waals surface area contributed by atoms with Crippen LogP contribution in [0.15, 0.2) is 10.7 Å². The summed E-state index contributed by atoms with van der Waals surface area (Å²) in [5.74, 6) is -0.463. The van der Waals surface area contributed by atoms with Gasteiger partial charge in [0.25, 0.3) is 5.91 Å². The van der Waals surface area contributed by atoms with Crippen LogP contribution in [0.2, 0.25) is 0 Å². The van der Waals surface area contributed by atoms with Crippen molar-refractivity contribution in [1.82, 2.24) is 14.9 Å². The van der Waals surface area contributed by atoms with E-state index in [-0.39, 0.29) is 22.5 Å². The quantitative estimate of drug-likeness (QED) is 0.883. The lowest BCUT2D eigenvalue weighted by Gasteiger charge is -2.33. The van der Waals surface area contributed by atoms with Gasteiger partial charge in [-0.25, -0.2) is 4.79 Å². The number of carbonyl (C=O) groups is 2. The summed E-state index contributed by atoms with van der Waals surface area (Å²) in [4.78, 5) is 23.9. The van der Waals surface area contributed by atoms with Crippen LogP contribution in [0.1, 0.15) is 59.5 Å². The standard InChI is InChI=1S/C17H22N4O4/c1-17(2,3)9-5-6-12-10(7-9)13(20-25-12)15(22)19-11-8-18-21(4)14(11)16(23)24/h8-9H,5-7H2,1-4H3,(H,19,22)(H,23,24)/t9-/m1/s1. The molecule has 2 aromatic rings. The van der Waals surface area contributed by atoms with E-state index in [9.17, 15) is 14.7 Å². The van der Waals surface area contributed by atoms with Crippen LogP contribution in [0.3, 0.4) is 0 Å². The van der Waals surface area contributed by atoms with Crippen molar-refractivity contribution in [3.8, 4) is 0 Å². The number of hydrogen-bond acceptors (Lipinski definition) is 5. The largest absolute Gasteiger partial charge is 0.476 e. The maximum Gasteiger partial charge on any atom is 0.356 e. The van der Waals surface area contributed by atoms with Crippen LogP contribution in [0.5, 0.6) is 0 Å². The van der Waals surface area contributed by atoms with E-state index in [1.807, 2.05) is 0 Å². The minimum atomic E-state index is -1.16. The van der Waals surface area contributed by atoms with Crippen LogP contribution < -0.4 is 5.32 Å². The second-order valence-electron chi connectivity index (χ2n) is 7.53. The van der Waals surface area contributed by atoms with Gasteiger partial charge >= 0.3 is 5.97 Å².